The third kappa shape index (κ3) is 1.92. The lowest BCUT2D eigenvalue weighted by Crippen LogP contribution is -2.06. The maximum absolute atomic E-state index is 10.6. The molecular weight excluding hydrogens is 256 g/mol. The first kappa shape index (κ1) is 12.6. The second-order valence-corrected chi connectivity index (χ2v) is 4.42. The molecule has 2 aromatic heterocycles. The molecule has 0 radical (unpaired) electrons. The van der Waals surface area contributed by atoms with Gasteiger partial charge in [-0.25, -0.2) is 4.98 Å². The quantitative estimate of drug-likeness (QED) is 0.792. The van der Waals surface area contributed by atoms with E-state index in [1.54, 1.807) is 0 Å². The van der Waals surface area contributed by atoms with Crippen LogP contribution in [0.3, 0.4) is 0 Å². The summed E-state index contributed by atoms with van der Waals surface area (Å²) in [7, 11) is 1.50. The van der Waals surface area contributed by atoms with Crippen LogP contribution in [0.15, 0.2) is 41.1 Å². The minimum absolute atomic E-state index is 0.310. The summed E-state index contributed by atoms with van der Waals surface area (Å²) in [6.07, 6.45) is 2.11. The fraction of sp³-hybridized carbons (Fsp3) is 0.200. The molecule has 3 aromatic rings. The maximum atomic E-state index is 10.6. The molecule has 5 nitrogen and oxygen atoms in total. The van der Waals surface area contributed by atoms with Crippen LogP contribution in [-0.4, -0.2) is 22.2 Å². The van der Waals surface area contributed by atoms with E-state index in [2.05, 4.69) is 9.97 Å². The summed E-state index contributed by atoms with van der Waals surface area (Å²) in [5.41, 5.74) is 1.81. The fourth-order valence-electron chi connectivity index (χ4n) is 2.35. The molecule has 0 amide bonds. The van der Waals surface area contributed by atoms with Crippen molar-refractivity contribution in [1.82, 2.24) is 9.97 Å². The number of hydrogen-bond acceptors (Lipinski definition) is 5. The molecule has 1 atom stereocenters. The first-order valence-corrected chi connectivity index (χ1v) is 6.23. The topological polar surface area (TPSA) is 68.4 Å². The Bertz CT molecular complexity index is 752. The molecule has 20 heavy (non-hydrogen) atoms. The third-order valence-electron chi connectivity index (χ3n) is 3.24. The highest BCUT2D eigenvalue weighted by atomic mass is 16.5. The normalized spacial score (nSPS) is 12.6. The van der Waals surface area contributed by atoms with E-state index in [1.807, 2.05) is 31.2 Å². The lowest BCUT2D eigenvalue weighted by molar-refractivity contribution is 0.206. The summed E-state index contributed by atoms with van der Waals surface area (Å²) in [5, 5.41) is 11.5. The predicted octanol–water partition coefficient (Wildman–Crippen LogP) is 2.62. The number of aliphatic hydroxyl groups is 1. The van der Waals surface area contributed by atoms with Crippen molar-refractivity contribution in [3.05, 3.63) is 53.7 Å². The van der Waals surface area contributed by atoms with E-state index >= 15 is 0 Å². The monoisotopic (exact) mass is 270 g/mol. The van der Waals surface area contributed by atoms with Gasteiger partial charge in [-0.05, 0) is 13.0 Å². The zero-order chi connectivity index (χ0) is 14.1. The molecule has 0 fully saturated rings. The number of para-hydroxylation sites is 1. The Kier molecular flexibility index (Phi) is 3.12. The molecule has 0 saturated heterocycles. The van der Waals surface area contributed by atoms with Gasteiger partial charge in [0.25, 0.3) is 0 Å². The molecular formula is C15H14N2O3. The van der Waals surface area contributed by atoms with Gasteiger partial charge in [0.2, 0.25) is 5.88 Å². The highest BCUT2D eigenvalue weighted by Crippen LogP contribution is 2.35. The third-order valence-corrected chi connectivity index (χ3v) is 3.24. The van der Waals surface area contributed by atoms with Crippen molar-refractivity contribution in [2.75, 3.05) is 7.11 Å². The Morgan fingerprint density at radius 2 is 1.95 bits per heavy atom. The smallest absolute Gasteiger partial charge is 0.238 e. The number of benzene rings is 1. The molecule has 1 N–H and O–H groups in total. The van der Waals surface area contributed by atoms with Gasteiger partial charge in [0, 0.05) is 23.3 Å². The largest absolute Gasteiger partial charge is 0.480 e. The van der Waals surface area contributed by atoms with Crippen molar-refractivity contribution in [3.63, 3.8) is 0 Å². The van der Waals surface area contributed by atoms with Crippen LogP contribution >= 0.6 is 0 Å². The highest BCUT2D eigenvalue weighted by Gasteiger charge is 2.24. The van der Waals surface area contributed by atoms with E-state index in [1.165, 1.54) is 19.5 Å². The average molecular weight is 270 g/mol. The van der Waals surface area contributed by atoms with E-state index in [4.69, 9.17) is 9.15 Å². The van der Waals surface area contributed by atoms with E-state index < -0.39 is 6.10 Å². The molecule has 0 saturated carbocycles. The zero-order valence-electron chi connectivity index (χ0n) is 11.2. The number of furan rings is 1. The van der Waals surface area contributed by atoms with Crippen LogP contribution in [0, 0.1) is 6.92 Å². The van der Waals surface area contributed by atoms with E-state index in [-0.39, 0.29) is 0 Å². The van der Waals surface area contributed by atoms with Crippen molar-refractivity contribution >= 4 is 11.0 Å². The molecule has 2 heterocycles. The van der Waals surface area contributed by atoms with Gasteiger partial charge in [0.15, 0.2) is 0 Å². The van der Waals surface area contributed by atoms with E-state index in [0.717, 1.165) is 11.0 Å². The van der Waals surface area contributed by atoms with Crippen LogP contribution in [0.2, 0.25) is 0 Å². The summed E-state index contributed by atoms with van der Waals surface area (Å²) in [6, 6.07) is 7.57. The molecule has 1 aromatic carbocycles. The number of hydrogen-bond donors (Lipinski definition) is 1. The number of aliphatic hydroxyl groups excluding tert-OH is 1. The zero-order valence-corrected chi connectivity index (χ0v) is 11.2. The number of methoxy groups -OCH3 is 1. The summed E-state index contributed by atoms with van der Waals surface area (Å²) < 4.78 is 10.8. The second kappa shape index (κ2) is 4.94. The van der Waals surface area contributed by atoms with Gasteiger partial charge in [0.05, 0.1) is 7.11 Å². The molecule has 1 unspecified atom stereocenters. The number of aryl methyl sites for hydroxylation is 1. The molecule has 102 valence electrons. The van der Waals surface area contributed by atoms with Crippen LogP contribution in [-0.2, 0) is 0 Å². The minimum Gasteiger partial charge on any atom is -0.480 e. The van der Waals surface area contributed by atoms with Crippen LogP contribution in [0.5, 0.6) is 5.88 Å². The maximum Gasteiger partial charge on any atom is 0.238 e. The standard InChI is InChI=1S/C15H14N2O3/c1-9-12(10-5-3-4-6-11(10)20-9)14(18)13-15(19-2)17-8-7-16-13/h3-8,14,18H,1-2H3. The number of rotatable bonds is 3. The molecule has 0 bridgehead atoms. The molecule has 0 spiro atoms. The highest BCUT2D eigenvalue weighted by molar-refractivity contribution is 5.83. The van der Waals surface area contributed by atoms with Crippen LogP contribution in [0.1, 0.15) is 23.1 Å². The average Bonchev–Trinajstić information content (AvgIpc) is 2.82. The number of aromatic nitrogens is 2. The lowest BCUT2D eigenvalue weighted by atomic mass is 10.0. The van der Waals surface area contributed by atoms with Crippen LogP contribution < -0.4 is 4.74 Å². The Morgan fingerprint density at radius 1 is 1.20 bits per heavy atom. The van der Waals surface area contributed by atoms with Crippen molar-refractivity contribution < 1.29 is 14.3 Å². The minimum atomic E-state index is -0.942. The molecule has 0 aliphatic rings. The van der Waals surface area contributed by atoms with Crippen molar-refractivity contribution in [3.8, 4) is 5.88 Å². The van der Waals surface area contributed by atoms with Crippen LogP contribution in [0.4, 0.5) is 0 Å². The molecule has 0 aliphatic heterocycles. The number of nitrogens with zero attached hydrogens (tertiary/aromatic N) is 2. The first-order valence-electron chi connectivity index (χ1n) is 6.23. The molecule has 3 rings (SSSR count). The second-order valence-electron chi connectivity index (χ2n) is 4.42. The van der Waals surface area contributed by atoms with Gasteiger partial charge in [0.1, 0.15) is 23.1 Å². The van der Waals surface area contributed by atoms with Gasteiger partial charge in [-0.1, -0.05) is 18.2 Å². The van der Waals surface area contributed by atoms with Gasteiger partial charge < -0.3 is 14.3 Å². The van der Waals surface area contributed by atoms with Gasteiger partial charge in [-0.3, -0.25) is 4.98 Å². The predicted molar refractivity (Wildman–Crippen MR) is 73.6 cm³/mol. The SMILES string of the molecule is COc1nccnc1C(O)c1c(C)oc2ccccc12. The molecule has 0 aliphatic carbocycles. The summed E-state index contributed by atoms with van der Waals surface area (Å²) in [4.78, 5) is 8.24. The van der Waals surface area contributed by atoms with Gasteiger partial charge >= 0.3 is 0 Å². The summed E-state index contributed by atoms with van der Waals surface area (Å²) in [6.45, 7) is 1.82. The molecule has 5 heteroatoms. The van der Waals surface area contributed by atoms with Crippen molar-refractivity contribution in [2.24, 2.45) is 0 Å². The van der Waals surface area contributed by atoms with E-state index in [0.29, 0.717) is 22.9 Å². The number of ether oxygens (including phenoxy) is 1. The van der Waals surface area contributed by atoms with Gasteiger partial charge in [-0.15, -0.1) is 0 Å². The van der Waals surface area contributed by atoms with Crippen LogP contribution in [0.25, 0.3) is 11.0 Å². The van der Waals surface area contributed by atoms with E-state index in [9.17, 15) is 5.11 Å². The van der Waals surface area contributed by atoms with Crippen molar-refractivity contribution in [2.45, 2.75) is 13.0 Å². The Balaban J connectivity index is 2.17. The Labute approximate surface area is 115 Å². The first-order chi connectivity index (χ1) is 9.72. The Morgan fingerprint density at radius 3 is 2.75 bits per heavy atom. The summed E-state index contributed by atoms with van der Waals surface area (Å²) in [5.74, 6) is 0.969. The fourth-order valence-corrected chi connectivity index (χ4v) is 2.35. The Hall–Kier alpha value is -2.40. The summed E-state index contributed by atoms with van der Waals surface area (Å²) >= 11 is 0. The lowest BCUT2D eigenvalue weighted by Gasteiger charge is -2.12. The van der Waals surface area contributed by atoms with Gasteiger partial charge in [-0.2, -0.15) is 0 Å². The van der Waals surface area contributed by atoms with Crippen molar-refractivity contribution in [1.29, 1.82) is 0 Å². The number of fused-ring (bicyclic) bond motifs is 1.